The van der Waals surface area contributed by atoms with E-state index < -0.39 is 0 Å². The summed E-state index contributed by atoms with van der Waals surface area (Å²) in [7, 11) is 1.53. The molecule has 5 nitrogen and oxygen atoms in total. The number of furan rings is 1. The fourth-order valence-corrected chi connectivity index (χ4v) is 2.99. The van der Waals surface area contributed by atoms with Gasteiger partial charge in [-0.05, 0) is 41.8 Å². The minimum atomic E-state index is -0.371. The second-order valence-electron chi connectivity index (χ2n) is 4.90. The van der Waals surface area contributed by atoms with E-state index in [9.17, 15) is 4.79 Å². The largest absolute Gasteiger partial charge is 0.495 e. The Kier molecular flexibility index (Phi) is 5.08. The summed E-state index contributed by atoms with van der Waals surface area (Å²) in [6.45, 7) is 0.278. The second-order valence-corrected chi connectivity index (χ2v) is 6.28. The number of urea groups is 1. The lowest BCUT2D eigenvalue weighted by atomic mass is 10.3. The molecular weight excluding hydrogens is 348 g/mol. The first-order valence-electron chi connectivity index (χ1n) is 7.16. The van der Waals surface area contributed by atoms with Crippen LogP contribution >= 0.6 is 22.9 Å². The average molecular weight is 363 g/mol. The number of hydrogen-bond donors (Lipinski definition) is 2. The highest BCUT2D eigenvalue weighted by Crippen LogP contribution is 2.28. The molecule has 24 heavy (non-hydrogen) atoms. The number of carbonyl (C=O) groups is 1. The first kappa shape index (κ1) is 16.4. The molecule has 1 aromatic carbocycles. The van der Waals surface area contributed by atoms with Gasteiger partial charge >= 0.3 is 6.03 Å². The van der Waals surface area contributed by atoms with E-state index in [1.807, 2.05) is 29.6 Å². The number of anilines is 1. The van der Waals surface area contributed by atoms with Gasteiger partial charge in [0.2, 0.25) is 0 Å². The molecule has 2 heterocycles. The molecule has 0 unspecified atom stereocenters. The molecule has 0 fully saturated rings. The van der Waals surface area contributed by atoms with Gasteiger partial charge in [0.15, 0.2) is 0 Å². The molecule has 0 saturated heterocycles. The normalized spacial score (nSPS) is 10.4. The van der Waals surface area contributed by atoms with Crippen molar-refractivity contribution in [2.24, 2.45) is 0 Å². The number of thiophene rings is 1. The van der Waals surface area contributed by atoms with Gasteiger partial charge in [-0.25, -0.2) is 4.79 Å². The number of rotatable bonds is 5. The summed E-state index contributed by atoms with van der Waals surface area (Å²) in [6, 6.07) is 12.3. The minimum Gasteiger partial charge on any atom is -0.495 e. The van der Waals surface area contributed by atoms with Gasteiger partial charge in [-0.1, -0.05) is 17.7 Å². The van der Waals surface area contributed by atoms with Crippen LogP contribution in [-0.2, 0) is 6.54 Å². The molecule has 0 saturated carbocycles. The van der Waals surface area contributed by atoms with Crippen LogP contribution in [0.1, 0.15) is 5.76 Å². The SMILES string of the molecule is COc1ccc(Cl)cc1NC(=O)NCc1ccc(-c2cccs2)o1. The summed E-state index contributed by atoms with van der Waals surface area (Å²) in [4.78, 5) is 13.1. The molecule has 0 spiro atoms. The van der Waals surface area contributed by atoms with E-state index in [0.717, 1.165) is 10.6 Å². The molecule has 3 rings (SSSR count). The Morgan fingerprint density at radius 2 is 2.17 bits per heavy atom. The second kappa shape index (κ2) is 7.42. The van der Waals surface area contributed by atoms with Gasteiger partial charge in [0.05, 0.1) is 24.2 Å². The highest BCUT2D eigenvalue weighted by atomic mass is 35.5. The van der Waals surface area contributed by atoms with Crippen molar-refractivity contribution in [3.05, 3.63) is 58.6 Å². The molecule has 2 N–H and O–H groups in total. The van der Waals surface area contributed by atoms with Gasteiger partial charge in [0, 0.05) is 5.02 Å². The Hall–Kier alpha value is -2.44. The van der Waals surface area contributed by atoms with E-state index in [-0.39, 0.29) is 12.6 Å². The van der Waals surface area contributed by atoms with Crippen molar-refractivity contribution in [1.82, 2.24) is 5.32 Å². The monoisotopic (exact) mass is 362 g/mol. The Morgan fingerprint density at radius 1 is 1.29 bits per heavy atom. The van der Waals surface area contributed by atoms with Crippen molar-refractivity contribution in [3.8, 4) is 16.4 Å². The molecule has 0 aliphatic rings. The maximum atomic E-state index is 12.0. The number of benzene rings is 1. The Balaban J connectivity index is 1.59. The maximum Gasteiger partial charge on any atom is 0.319 e. The molecule has 0 atom stereocenters. The van der Waals surface area contributed by atoms with Crippen LogP contribution in [0.3, 0.4) is 0 Å². The van der Waals surface area contributed by atoms with Crippen LogP contribution < -0.4 is 15.4 Å². The van der Waals surface area contributed by atoms with Crippen molar-refractivity contribution >= 4 is 34.7 Å². The summed E-state index contributed by atoms with van der Waals surface area (Å²) >= 11 is 7.54. The quantitative estimate of drug-likeness (QED) is 0.671. The van der Waals surface area contributed by atoms with Crippen molar-refractivity contribution in [2.45, 2.75) is 6.54 Å². The van der Waals surface area contributed by atoms with Crippen molar-refractivity contribution < 1.29 is 13.9 Å². The zero-order valence-corrected chi connectivity index (χ0v) is 14.4. The van der Waals surface area contributed by atoms with Crippen LogP contribution in [-0.4, -0.2) is 13.1 Å². The van der Waals surface area contributed by atoms with Gasteiger partial charge in [0.25, 0.3) is 0 Å². The average Bonchev–Trinajstić information content (AvgIpc) is 3.24. The van der Waals surface area contributed by atoms with Gasteiger partial charge in [-0.15, -0.1) is 11.3 Å². The molecular formula is C17H15ClN2O3S. The topological polar surface area (TPSA) is 63.5 Å². The van der Waals surface area contributed by atoms with Crippen molar-refractivity contribution in [3.63, 3.8) is 0 Å². The summed E-state index contributed by atoms with van der Waals surface area (Å²) in [5.74, 6) is 2.00. The highest BCUT2D eigenvalue weighted by Gasteiger charge is 2.10. The number of halogens is 1. The van der Waals surface area contributed by atoms with Crippen LogP contribution in [0.25, 0.3) is 10.6 Å². The van der Waals surface area contributed by atoms with Gasteiger partial charge in [-0.3, -0.25) is 0 Å². The minimum absolute atomic E-state index is 0.278. The zero-order valence-electron chi connectivity index (χ0n) is 12.8. The number of methoxy groups -OCH3 is 1. The summed E-state index contributed by atoms with van der Waals surface area (Å²) < 4.78 is 10.9. The summed E-state index contributed by atoms with van der Waals surface area (Å²) in [5.41, 5.74) is 0.501. The van der Waals surface area contributed by atoms with E-state index in [1.54, 1.807) is 29.5 Å². The lowest BCUT2D eigenvalue weighted by Gasteiger charge is -2.11. The van der Waals surface area contributed by atoms with E-state index in [0.29, 0.717) is 22.2 Å². The van der Waals surface area contributed by atoms with Crippen molar-refractivity contribution in [2.75, 3.05) is 12.4 Å². The van der Waals surface area contributed by atoms with Crippen LogP contribution in [0.2, 0.25) is 5.02 Å². The molecule has 0 bridgehead atoms. The first-order valence-corrected chi connectivity index (χ1v) is 8.42. The Morgan fingerprint density at radius 3 is 2.92 bits per heavy atom. The fraction of sp³-hybridized carbons (Fsp3) is 0.118. The van der Waals surface area contributed by atoms with Gasteiger partial charge in [-0.2, -0.15) is 0 Å². The van der Waals surface area contributed by atoms with E-state index in [1.165, 1.54) is 7.11 Å². The van der Waals surface area contributed by atoms with E-state index in [4.69, 9.17) is 20.8 Å². The number of amides is 2. The molecule has 3 aromatic rings. The Bertz CT molecular complexity index is 830. The lowest BCUT2D eigenvalue weighted by molar-refractivity contribution is 0.250. The van der Waals surface area contributed by atoms with Crippen LogP contribution in [0.15, 0.2) is 52.3 Å². The van der Waals surface area contributed by atoms with Crippen LogP contribution in [0, 0.1) is 0 Å². The molecule has 2 amide bonds. The summed E-state index contributed by atoms with van der Waals surface area (Å²) in [6.07, 6.45) is 0. The molecule has 2 aromatic heterocycles. The predicted octanol–water partition coefficient (Wildman–Crippen LogP) is 4.99. The third-order valence-corrected chi connectivity index (χ3v) is 4.38. The zero-order chi connectivity index (χ0) is 16.9. The molecule has 124 valence electrons. The molecule has 0 aliphatic carbocycles. The predicted molar refractivity (Wildman–Crippen MR) is 95.9 cm³/mol. The molecule has 7 heteroatoms. The number of ether oxygens (including phenoxy) is 1. The lowest BCUT2D eigenvalue weighted by Crippen LogP contribution is -2.28. The molecule has 0 aliphatic heterocycles. The van der Waals surface area contributed by atoms with Crippen molar-refractivity contribution in [1.29, 1.82) is 0 Å². The first-order chi connectivity index (χ1) is 11.7. The number of hydrogen-bond acceptors (Lipinski definition) is 4. The number of carbonyl (C=O) groups excluding carboxylic acids is 1. The number of nitrogens with one attached hydrogen (secondary N) is 2. The third kappa shape index (κ3) is 3.90. The maximum absolute atomic E-state index is 12.0. The van der Waals surface area contributed by atoms with Gasteiger partial charge < -0.3 is 19.8 Å². The summed E-state index contributed by atoms with van der Waals surface area (Å²) in [5, 5.41) is 7.95. The third-order valence-electron chi connectivity index (χ3n) is 3.26. The van der Waals surface area contributed by atoms with Crippen LogP contribution in [0.5, 0.6) is 5.75 Å². The fourth-order valence-electron chi connectivity index (χ4n) is 2.14. The molecule has 0 radical (unpaired) electrons. The van der Waals surface area contributed by atoms with Gasteiger partial charge in [0.1, 0.15) is 17.3 Å². The standard InChI is InChI=1S/C17H15ClN2O3S/c1-22-14-6-4-11(18)9-13(14)20-17(21)19-10-12-5-7-15(23-12)16-3-2-8-24-16/h2-9H,10H2,1H3,(H2,19,20,21). The van der Waals surface area contributed by atoms with E-state index >= 15 is 0 Å². The van der Waals surface area contributed by atoms with E-state index in [2.05, 4.69) is 10.6 Å². The Labute approximate surface area is 148 Å². The van der Waals surface area contributed by atoms with Crippen LogP contribution in [0.4, 0.5) is 10.5 Å². The highest BCUT2D eigenvalue weighted by molar-refractivity contribution is 7.13. The smallest absolute Gasteiger partial charge is 0.319 e.